The average molecular weight is 417 g/mol. The molecule has 0 atom stereocenters. The smallest absolute Gasteiger partial charge is 0.240 e. The van der Waals surface area contributed by atoms with E-state index in [0.29, 0.717) is 5.75 Å². The molecule has 0 fully saturated rings. The molecule has 0 unspecified atom stereocenters. The first-order valence-electron chi connectivity index (χ1n) is 6.32. The third kappa shape index (κ3) is 3.96. The molecule has 21 heavy (non-hydrogen) atoms. The van der Waals surface area contributed by atoms with Crippen molar-refractivity contribution in [2.45, 2.75) is 18.4 Å². The van der Waals surface area contributed by atoms with Crippen molar-refractivity contribution < 1.29 is 13.2 Å². The molecule has 0 aromatic heterocycles. The summed E-state index contributed by atoms with van der Waals surface area (Å²) in [6.45, 7) is 2.23. The summed E-state index contributed by atoms with van der Waals surface area (Å²) in [5.41, 5.74) is 2.02. The van der Waals surface area contributed by atoms with Crippen LogP contribution in [0.2, 0.25) is 0 Å². The van der Waals surface area contributed by atoms with Gasteiger partial charge in [-0.2, -0.15) is 0 Å². The van der Waals surface area contributed by atoms with Gasteiger partial charge in [-0.25, -0.2) is 13.1 Å². The fraction of sp³-hybridized carbons (Fsp3) is 0.200. The summed E-state index contributed by atoms with van der Waals surface area (Å²) in [6.07, 6.45) is 0. The summed E-state index contributed by atoms with van der Waals surface area (Å²) in [4.78, 5) is 0.237. The molecule has 0 radical (unpaired) electrons. The number of rotatable bonds is 5. The Balaban J connectivity index is 2.19. The molecular weight excluding hydrogens is 401 g/mol. The number of ether oxygens (including phenoxy) is 1. The van der Waals surface area contributed by atoms with E-state index in [1.807, 2.05) is 31.2 Å². The lowest BCUT2D eigenvalue weighted by Crippen LogP contribution is -2.23. The molecule has 0 saturated carbocycles. The normalized spacial score (nSPS) is 11.4. The summed E-state index contributed by atoms with van der Waals surface area (Å²) in [5.74, 6) is 0.661. The SMILES string of the molecule is COc1ccc(S(=O)(=O)NCc2ccccc2C)cc1I. The summed E-state index contributed by atoms with van der Waals surface area (Å²) in [5, 5.41) is 0. The van der Waals surface area contributed by atoms with Gasteiger partial charge in [0.15, 0.2) is 0 Å². The van der Waals surface area contributed by atoms with Crippen LogP contribution >= 0.6 is 22.6 Å². The van der Waals surface area contributed by atoms with Crippen LogP contribution in [0.1, 0.15) is 11.1 Å². The van der Waals surface area contributed by atoms with Gasteiger partial charge in [-0.1, -0.05) is 24.3 Å². The Kier molecular flexibility index (Phi) is 5.23. The zero-order valence-corrected chi connectivity index (χ0v) is 14.7. The van der Waals surface area contributed by atoms with Crippen LogP contribution in [0.4, 0.5) is 0 Å². The van der Waals surface area contributed by atoms with Gasteiger partial charge in [0.25, 0.3) is 0 Å². The first-order chi connectivity index (χ1) is 9.94. The van der Waals surface area contributed by atoms with Crippen molar-refractivity contribution >= 4 is 32.6 Å². The lowest BCUT2D eigenvalue weighted by molar-refractivity contribution is 0.411. The molecule has 2 rings (SSSR count). The minimum Gasteiger partial charge on any atom is -0.496 e. The van der Waals surface area contributed by atoms with E-state index in [1.165, 1.54) is 0 Å². The Morgan fingerprint density at radius 3 is 2.52 bits per heavy atom. The first kappa shape index (κ1) is 16.3. The van der Waals surface area contributed by atoms with E-state index in [9.17, 15) is 8.42 Å². The number of halogens is 1. The van der Waals surface area contributed by atoms with Crippen molar-refractivity contribution in [3.63, 3.8) is 0 Å². The quantitative estimate of drug-likeness (QED) is 0.761. The number of aryl methyl sites for hydroxylation is 1. The van der Waals surface area contributed by atoms with E-state index in [0.717, 1.165) is 14.7 Å². The lowest BCUT2D eigenvalue weighted by atomic mass is 10.1. The topological polar surface area (TPSA) is 55.4 Å². The number of benzene rings is 2. The zero-order valence-electron chi connectivity index (χ0n) is 11.8. The minimum atomic E-state index is -3.53. The molecule has 2 aromatic rings. The molecule has 0 aliphatic rings. The maximum atomic E-state index is 12.3. The predicted octanol–water partition coefficient (Wildman–Crippen LogP) is 3.09. The van der Waals surface area contributed by atoms with Gasteiger partial charge < -0.3 is 4.74 Å². The lowest BCUT2D eigenvalue weighted by Gasteiger charge is -2.10. The number of hydrogen-bond donors (Lipinski definition) is 1. The zero-order chi connectivity index (χ0) is 15.5. The molecular formula is C15H16INO3S. The van der Waals surface area contributed by atoms with Crippen LogP contribution in [-0.4, -0.2) is 15.5 Å². The van der Waals surface area contributed by atoms with Crippen LogP contribution in [0, 0.1) is 10.5 Å². The van der Waals surface area contributed by atoms with Crippen molar-refractivity contribution in [1.82, 2.24) is 4.72 Å². The Morgan fingerprint density at radius 2 is 1.90 bits per heavy atom. The van der Waals surface area contributed by atoms with E-state index >= 15 is 0 Å². The van der Waals surface area contributed by atoms with Gasteiger partial charge in [-0.3, -0.25) is 0 Å². The molecule has 0 heterocycles. The maximum Gasteiger partial charge on any atom is 0.240 e. The van der Waals surface area contributed by atoms with E-state index in [2.05, 4.69) is 27.3 Å². The molecule has 112 valence electrons. The number of nitrogens with one attached hydrogen (secondary N) is 1. The van der Waals surface area contributed by atoms with Gasteiger partial charge in [0, 0.05) is 6.54 Å². The monoisotopic (exact) mass is 417 g/mol. The molecule has 0 aliphatic heterocycles. The second-order valence-electron chi connectivity index (χ2n) is 4.55. The van der Waals surface area contributed by atoms with Crippen LogP contribution in [0.5, 0.6) is 5.75 Å². The van der Waals surface area contributed by atoms with Crippen LogP contribution in [0.3, 0.4) is 0 Å². The van der Waals surface area contributed by atoms with Crippen molar-refractivity contribution in [3.05, 3.63) is 57.2 Å². The molecule has 0 bridgehead atoms. The van der Waals surface area contributed by atoms with Gasteiger partial charge >= 0.3 is 0 Å². The Bertz CT molecular complexity index is 744. The van der Waals surface area contributed by atoms with Crippen molar-refractivity contribution in [2.75, 3.05) is 7.11 Å². The number of methoxy groups -OCH3 is 1. The number of hydrogen-bond acceptors (Lipinski definition) is 3. The maximum absolute atomic E-state index is 12.3. The fourth-order valence-corrected chi connectivity index (χ4v) is 3.86. The third-order valence-electron chi connectivity index (χ3n) is 3.15. The standard InChI is InChI=1S/C15H16INO3S/c1-11-5-3-4-6-12(11)10-17-21(18,19)13-7-8-15(20-2)14(16)9-13/h3-9,17H,10H2,1-2H3. The molecule has 0 saturated heterocycles. The number of sulfonamides is 1. The molecule has 0 aliphatic carbocycles. The molecule has 4 nitrogen and oxygen atoms in total. The largest absolute Gasteiger partial charge is 0.496 e. The molecule has 6 heteroatoms. The third-order valence-corrected chi connectivity index (χ3v) is 5.39. The van der Waals surface area contributed by atoms with Gasteiger partial charge in [0.1, 0.15) is 5.75 Å². The van der Waals surface area contributed by atoms with Gasteiger partial charge in [-0.05, 0) is 58.8 Å². The van der Waals surface area contributed by atoms with Crippen LogP contribution in [0.25, 0.3) is 0 Å². The molecule has 0 amide bonds. The van der Waals surface area contributed by atoms with E-state index < -0.39 is 10.0 Å². The highest BCUT2D eigenvalue weighted by Crippen LogP contribution is 2.24. The summed E-state index contributed by atoms with van der Waals surface area (Å²) < 4.78 is 33.1. The Hall–Kier alpha value is -1.12. The fourth-order valence-electron chi connectivity index (χ4n) is 1.88. The van der Waals surface area contributed by atoms with E-state index in [-0.39, 0.29) is 11.4 Å². The second kappa shape index (κ2) is 6.76. The van der Waals surface area contributed by atoms with Gasteiger partial charge in [-0.15, -0.1) is 0 Å². The van der Waals surface area contributed by atoms with Gasteiger partial charge in [0.2, 0.25) is 10.0 Å². The molecule has 1 N–H and O–H groups in total. The second-order valence-corrected chi connectivity index (χ2v) is 7.48. The van der Waals surface area contributed by atoms with Crippen molar-refractivity contribution in [3.8, 4) is 5.75 Å². The van der Waals surface area contributed by atoms with Crippen LogP contribution < -0.4 is 9.46 Å². The Morgan fingerprint density at radius 1 is 1.19 bits per heavy atom. The van der Waals surface area contributed by atoms with Crippen LogP contribution in [0.15, 0.2) is 47.4 Å². The average Bonchev–Trinajstić information content (AvgIpc) is 2.46. The predicted molar refractivity (Wildman–Crippen MR) is 90.9 cm³/mol. The molecule has 2 aromatic carbocycles. The highest BCUT2D eigenvalue weighted by atomic mass is 127. The summed E-state index contributed by atoms with van der Waals surface area (Å²) in [6, 6.07) is 12.5. The van der Waals surface area contributed by atoms with E-state index in [4.69, 9.17) is 4.74 Å². The van der Waals surface area contributed by atoms with Crippen molar-refractivity contribution in [2.24, 2.45) is 0 Å². The van der Waals surface area contributed by atoms with E-state index in [1.54, 1.807) is 25.3 Å². The Labute approximate surface area is 138 Å². The molecule has 0 spiro atoms. The summed E-state index contributed by atoms with van der Waals surface area (Å²) >= 11 is 2.05. The first-order valence-corrected chi connectivity index (χ1v) is 8.88. The van der Waals surface area contributed by atoms with Crippen molar-refractivity contribution in [1.29, 1.82) is 0 Å². The highest BCUT2D eigenvalue weighted by Gasteiger charge is 2.15. The van der Waals surface area contributed by atoms with Gasteiger partial charge in [0.05, 0.1) is 15.6 Å². The highest BCUT2D eigenvalue weighted by molar-refractivity contribution is 14.1. The minimum absolute atomic E-state index is 0.237. The van der Waals surface area contributed by atoms with Crippen LogP contribution in [-0.2, 0) is 16.6 Å². The summed E-state index contributed by atoms with van der Waals surface area (Å²) in [7, 11) is -1.98.